The molecule has 0 N–H and O–H groups in total. The van der Waals surface area contributed by atoms with Gasteiger partial charge in [0.2, 0.25) is 5.82 Å². The Labute approximate surface area is 173 Å². The lowest BCUT2D eigenvalue weighted by Crippen LogP contribution is -2.43. The van der Waals surface area contributed by atoms with Crippen molar-refractivity contribution in [3.8, 4) is 5.75 Å². The van der Waals surface area contributed by atoms with Crippen LogP contribution in [0.25, 0.3) is 0 Å². The SMILES string of the molecule is Cn1c(C(F)(F)F)nn(C2CCN(C(=O)COc3ccc(Cl)cc3Cl)CC2)c1=O. The molecule has 0 radical (unpaired) electrons. The molecule has 1 aliphatic heterocycles. The average molecular weight is 453 g/mol. The summed E-state index contributed by atoms with van der Waals surface area (Å²) < 4.78 is 45.6. The summed E-state index contributed by atoms with van der Waals surface area (Å²) >= 11 is 11.8. The highest BCUT2D eigenvalue weighted by atomic mass is 35.5. The van der Waals surface area contributed by atoms with E-state index in [0.717, 1.165) is 11.7 Å². The second kappa shape index (κ2) is 8.27. The molecular formula is C17H17Cl2F3N4O3. The van der Waals surface area contributed by atoms with Crippen LogP contribution in [0.1, 0.15) is 24.7 Å². The van der Waals surface area contributed by atoms with Gasteiger partial charge in [-0.1, -0.05) is 23.2 Å². The van der Waals surface area contributed by atoms with E-state index in [1.807, 2.05) is 0 Å². The van der Waals surface area contributed by atoms with E-state index in [2.05, 4.69) is 5.10 Å². The van der Waals surface area contributed by atoms with Crippen molar-refractivity contribution in [1.82, 2.24) is 19.2 Å². The van der Waals surface area contributed by atoms with Gasteiger partial charge in [-0.05, 0) is 31.0 Å². The second-order valence-electron chi connectivity index (χ2n) is 6.58. The molecule has 2 aromatic rings. The number of aromatic nitrogens is 3. The summed E-state index contributed by atoms with van der Waals surface area (Å²) in [5, 5.41) is 4.17. The molecule has 1 aromatic heterocycles. The first-order valence-corrected chi connectivity index (χ1v) is 9.42. The van der Waals surface area contributed by atoms with Crippen LogP contribution in [0.2, 0.25) is 10.0 Å². The summed E-state index contributed by atoms with van der Waals surface area (Å²) in [6, 6.07) is 4.11. The highest BCUT2D eigenvalue weighted by Gasteiger charge is 2.39. The number of hydrogen-bond acceptors (Lipinski definition) is 4. The van der Waals surface area contributed by atoms with Crippen molar-refractivity contribution >= 4 is 29.1 Å². The first-order valence-electron chi connectivity index (χ1n) is 8.66. The van der Waals surface area contributed by atoms with Crippen molar-refractivity contribution in [2.45, 2.75) is 25.1 Å². The number of carbonyl (C=O) groups is 1. The summed E-state index contributed by atoms with van der Waals surface area (Å²) in [4.78, 5) is 26.0. The number of carbonyl (C=O) groups excluding carboxylic acids is 1. The molecule has 2 heterocycles. The lowest BCUT2D eigenvalue weighted by molar-refractivity contribution is -0.147. The maximum Gasteiger partial charge on any atom is 0.451 e. The quantitative estimate of drug-likeness (QED) is 0.714. The van der Waals surface area contributed by atoms with Crippen LogP contribution in [0.4, 0.5) is 13.2 Å². The van der Waals surface area contributed by atoms with E-state index in [-0.39, 0.29) is 30.6 Å². The molecule has 3 rings (SSSR count). The lowest BCUT2D eigenvalue weighted by Gasteiger charge is -2.31. The van der Waals surface area contributed by atoms with Crippen molar-refractivity contribution in [3.05, 3.63) is 44.6 Å². The molecule has 1 fully saturated rings. The predicted molar refractivity (Wildman–Crippen MR) is 99.3 cm³/mol. The summed E-state index contributed by atoms with van der Waals surface area (Å²) in [6.07, 6.45) is -4.10. The Balaban J connectivity index is 1.59. The van der Waals surface area contributed by atoms with Crippen molar-refractivity contribution < 1.29 is 22.7 Å². The number of hydrogen-bond donors (Lipinski definition) is 0. The Morgan fingerprint density at radius 3 is 2.48 bits per heavy atom. The predicted octanol–water partition coefficient (Wildman–Crippen LogP) is 3.15. The number of nitrogens with zero attached hydrogens (tertiary/aromatic N) is 4. The Morgan fingerprint density at radius 2 is 1.93 bits per heavy atom. The van der Waals surface area contributed by atoms with Crippen LogP contribution < -0.4 is 10.4 Å². The third-order valence-electron chi connectivity index (χ3n) is 4.66. The van der Waals surface area contributed by atoms with E-state index >= 15 is 0 Å². The fourth-order valence-corrected chi connectivity index (χ4v) is 3.59. The Bertz CT molecular complexity index is 966. The first kappa shape index (κ1) is 21.5. The highest BCUT2D eigenvalue weighted by molar-refractivity contribution is 6.35. The molecule has 0 bridgehead atoms. The largest absolute Gasteiger partial charge is 0.482 e. The summed E-state index contributed by atoms with van der Waals surface area (Å²) in [5.41, 5.74) is -0.831. The van der Waals surface area contributed by atoms with Crippen molar-refractivity contribution in [2.24, 2.45) is 7.05 Å². The number of ether oxygens (including phenoxy) is 1. The van der Waals surface area contributed by atoms with Gasteiger partial charge >= 0.3 is 11.9 Å². The van der Waals surface area contributed by atoms with Gasteiger partial charge in [0.15, 0.2) is 6.61 Å². The number of likely N-dealkylation sites (tertiary alicyclic amines) is 1. The van der Waals surface area contributed by atoms with E-state index in [9.17, 15) is 22.8 Å². The normalized spacial score (nSPS) is 15.6. The van der Waals surface area contributed by atoms with Gasteiger partial charge in [-0.25, -0.2) is 9.48 Å². The minimum Gasteiger partial charge on any atom is -0.482 e. The van der Waals surface area contributed by atoms with Crippen molar-refractivity contribution in [1.29, 1.82) is 0 Å². The Hall–Kier alpha value is -2.20. The molecule has 1 aromatic carbocycles. The third kappa shape index (κ3) is 4.69. The lowest BCUT2D eigenvalue weighted by atomic mass is 10.1. The topological polar surface area (TPSA) is 69.4 Å². The van der Waals surface area contributed by atoms with E-state index < -0.39 is 23.7 Å². The van der Waals surface area contributed by atoms with Crippen molar-refractivity contribution in [3.63, 3.8) is 0 Å². The number of rotatable bonds is 4. The van der Waals surface area contributed by atoms with E-state index in [0.29, 0.717) is 28.2 Å². The van der Waals surface area contributed by atoms with Crippen LogP contribution in [0.15, 0.2) is 23.0 Å². The number of alkyl halides is 3. The fourth-order valence-electron chi connectivity index (χ4n) is 3.12. The zero-order chi connectivity index (χ0) is 21.3. The Morgan fingerprint density at radius 1 is 1.28 bits per heavy atom. The number of halogens is 5. The second-order valence-corrected chi connectivity index (χ2v) is 7.43. The smallest absolute Gasteiger partial charge is 0.451 e. The molecule has 7 nitrogen and oxygen atoms in total. The van der Waals surface area contributed by atoms with Crippen LogP contribution in [0.3, 0.4) is 0 Å². The van der Waals surface area contributed by atoms with Gasteiger partial charge in [0.25, 0.3) is 5.91 Å². The molecule has 1 saturated heterocycles. The van der Waals surface area contributed by atoms with Gasteiger partial charge in [-0.2, -0.15) is 13.2 Å². The average Bonchev–Trinajstić information content (AvgIpc) is 2.96. The molecule has 1 amide bonds. The van der Waals surface area contributed by atoms with Crippen LogP contribution in [0, 0.1) is 0 Å². The number of benzene rings is 1. The molecule has 12 heteroatoms. The van der Waals surface area contributed by atoms with Gasteiger partial charge < -0.3 is 9.64 Å². The molecule has 158 valence electrons. The number of amides is 1. The van der Waals surface area contributed by atoms with Crippen LogP contribution in [-0.2, 0) is 18.0 Å². The summed E-state index contributed by atoms with van der Waals surface area (Å²) in [5.74, 6) is -1.22. The minimum atomic E-state index is -4.71. The third-order valence-corrected chi connectivity index (χ3v) is 5.20. The molecule has 0 unspecified atom stereocenters. The molecule has 1 aliphatic rings. The van der Waals surface area contributed by atoms with Crippen LogP contribution in [0.5, 0.6) is 5.75 Å². The minimum absolute atomic E-state index is 0.242. The van der Waals surface area contributed by atoms with Gasteiger partial charge in [-0.15, -0.1) is 5.10 Å². The molecule has 0 aliphatic carbocycles. The monoisotopic (exact) mass is 452 g/mol. The van der Waals surface area contributed by atoms with Gasteiger partial charge in [0, 0.05) is 25.2 Å². The molecule has 29 heavy (non-hydrogen) atoms. The zero-order valence-electron chi connectivity index (χ0n) is 15.2. The molecule has 0 atom stereocenters. The van der Waals surface area contributed by atoms with Crippen LogP contribution in [-0.4, -0.2) is 44.9 Å². The number of piperidine rings is 1. The van der Waals surface area contributed by atoms with Crippen molar-refractivity contribution in [2.75, 3.05) is 19.7 Å². The summed E-state index contributed by atoms with van der Waals surface area (Å²) in [7, 11) is 1.03. The van der Waals surface area contributed by atoms with E-state index in [1.54, 1.807) is 12.1 Å². The van der Waals surface area contributed by atoms with Gasteiger partial charge in [0.1, 0.15) is 5.75 Å². The highest BCUT2D eigenvalue weighted by Crippen LogP contribution is 2.29. The van der Waals surface area contributed by atoms with E-state index in [1.165, 1.54) is 11.0 Å². The molecular weight excluding hydrogens is 436 g/mol. The van der Waals surface area contributed by atoms with E-state index in [4.69, 9.17) is 27.9 Å². The molecule has 0 spiro atoms. The van der Waals surface area contributed by atoms with Gasteiger partial charge in [0.05, 0.1) is 11.1 Å². The fraction of sp³-hybridized carbons (Fsp3) is 0.471. The van der Waals surface area contributed by atoms with Crippen LogP contribution >= 0.6 is 23.2 Å². The zero-order valence-corrected chi connectivity index (χ0v) is 16.8. The maximum absolute atomic E-state index is 12.9. The standard InChI is InChI=1S/C17H17Cl2F3N4O3/c1-24-15(17(20,21)22)23-26(16(24)28)11-4-6-25(7-5-11)14(27)9-29-13-3-2-10(18)8-12(13)19/h2-3,8,11H,4-7,9H2,1H3. The first-order chi connectivity index (χ1) is 13.6. The Kier molecular flexibility index (Phi) is 6.13. The van der Waals surface area contributed by atoms with Gasteiger partial charge in [-0.3, -0.25) is 9.36 Å². The summed E-state index contributed by atoms with van der Waals surface area (Å²) in [6.45, 7) is 0.297. The maximum atomic E-state index is 12.9. The molecule has 0 saturated carbocycles.